The van der Waals surface area contributed by atoms with E-state index in [9.17, 15) is 8.42 Å². The second-order valence-corrected chi connectivity index (χ2v) is 8.71. The molecule has 2 atom stereocenters. The number of hydrogen-bond donors (Lipinski definition) is 1. The predicted octanol–water partition coefficient (Wildman–Crippen LogP) is 2.77. The minimum Gasteiger partial charge on any atom is -0.310 e. The number of benzene rings is 1. The van der Waals surface area contributed by atoms with Gasteiger partial charge in [-0.3, -0.25) is 0 Å². The number of halogens is 1. The fourth-order valence-corrected chi connectivity index (χ4v) is 3.91. The third-order valence-electron chi connectivity index (χ3n) is 4.03. The summed E-state index contributed by atoms with van der Waals surface area (Å²) in [4.78, 5) is 0. The van der Waals surface area contributed by atoms with Gasteiger partial charge in [-0.2, -0.15) is 0 Å². The first-order valence-corrected chi connectivity index (χ1v) is 9.94. The minimum absolute atomic E-state index is 0.270. The van der Waals surface area contributed by atoms with Crippen molar-refractivity contribution < 1.29 is 8.42 Å². The Bertz CT molecular complexity index is 560. The van der Waals surface area contributed by atoms with Crippen molar-refractivity contribution in [2.45, 2.75) is 25.8 Å². The van der Waals surface area contributed by atoms with Crippen molar-refractivity contribution in [2.75, 3.05) is 25.9 Å². The van der Waals surface area contributed by atoms with Crippen LogP contribution in [0.3, 0.4) is 0 Å². The van der Waals surface area contributed by atoms with Gasteiger partial charge in [-0.15, -0.1) is 0 Å². The summed E-state index contributed by atoms with van der Waals surface area (Å²) in [7, 11) is -3.05. The van der Waals surface area contributed by atoms with Crippen molar-refractivity contribution in [3.63, 3.8) is 0 Å². The van der Waals surface area contributed by atoms with Crippen molar-refractivity contribution in [3.05, 3.63) is 34.3 Å². The molecule has 0 saturated carbocycles. The fourth-order valence-electron chi connectivity index (χ4n) is 2.71. The second kappa shape index (κ2) is 7.22. The minimum atomic E-state index is -3.05. The van der Waals surface area contributed by atoms with Crippen molar-refractivity contribution in [3.8, 4) is 0 Å². The lowest BCUT2D eigenvalue weighted by Gasteiger charge is -2.31. The molecule has 0 bridgehead atoms. The summed E-state index contributed by atoms with van der Waals surface area (Å²) in [6.45, 7) is 4.29. The molecule has 1 heterocycles. The summed E-state index contributed by atoms with van der Waals surface area (Å²) in [6, 6.07) is 8.56. The zero-order chi connectivity index (χ0) is 15.5. The van der Waals surface area contributed by atoms with Crippen LogP contribution < -0.4 is 5.32 Å². The normalized spacial score (nSPS) is 22.1. The van der Waals surface area contributed by atoms with E-state index in [1.165, 1.54) is 11.8 Å². The molecule has 1 aliphatic heterocycles. The van der Waals surface area contributed by atoms with E-state index in [2.05, 4.69) is 40.3 Å². The van der Waals surface area contributed by atoms with Crippen LogP contribution in [0.4, 0.5) is 0 Å². The van der Waals surface area contributed by atoms with Gasteiger partial charge in [0.15, 0.2) is 0 Å². The van der Waals surface area contributed by atoms with E-state index in [-0.39, 0.29) is 6.04 Å². The number of nitrogens with zero attached hydrogens (tertiary/aromatic N) is 1. The molecule has 0 aromatic heterocycles. The number of hydrogen-bond acceptors (Lipinski definition) is 3. The monoisotopic (exact) mass is 374 g/mol. The molecular formula is C15H23BrN2O2S. The summed E-state index contributed by atoms with van der Waals surface area (Å²) >= 11 is 3.44. The maximum Gasteiger partial charge on any atom is 0.211 e. The van der Waals surface area contributed by atoms with Crippen molar-refractivity contribution >= 4 is 26.0 Å². The number of rotatable bonds is 5. The number of sulfonamides is 1. The highest BCUT2D eigenvalue weighted by Crippen LogP contribution is 2.20. The average Bonchev–Trinajstić information content (AvgIpc) is 2.45. The number of nitrogens with one attached hydrogen (secondary N) is 1. The molecule has 1 N–H and O–H groups in total. The third kappa shape index (κ3) is 5.06. The van der Waals surface area contributed by atoms with E-state index in [0.29, 0.717) is 19.0 Å². The summed E-state index contributed by atoms with van der Waals surface area (Å²) in [5.41, 5.74) is 1.24. The lowest BCUT2D eigenvalue weighted by Crippen LogP contribution is -2.42. The maximum absolute atomic E-state index is 11.6. The van der Waals surface area contributed by atoms with Gasteiger partial charge in [0.05, 0.1) is 6.26 Å². The van der Waals surface area contributed by atoms with Crippen LogP contribution in [0.5, 0.6) is 0 Å². The molecule has 2 rings (SSSR count). The highest BCUT2D eigenvalue weighted by atomic mass is 79.9. The zero-order valence-corrected chi connectivity index (χ0v) is 15.0. The first-order valence-electron chi connectivity index (χ1n) is 7.30. The Morgan fingerprint density at radius 1 is 1.38 bits per heavy atom. The first kappa shape index (κ1) is 16.9. The molecule has 21 heavy (non-hydrogen) atoms. The Labute approximate surface area is 136 Å². The van der Waals surface area contributed by atoms with Gasteiger partial charge in [0.2, 0.25) is 10.0 Å². The molecule has 1 fully saturated rings. The lowest BCUT2D eigenvalue weighted by molar-refractivity contribution is 0.257. The van der Waals surface area contributed by atoms with E-state index in [0.717, 1.165) is 23.9 Å². The molecule has 1 aromatic rings. The van der Waals surface area contributed by atoms with E-state index >= 15 is 0 Å². The Morgan fingerprint density at radius 3 is 2.67 bits per heavy atom. The maximum atomic E-state index is 11.6. The Morgan fingerprint density at radius 2 is 2.05 bits per heavy atom. The summed E-state index contributed by atoms with van der Waals surface area (Å²) < 4.78 is 25.9. The summed E-state index contributed by atoms with van der Waals surface area (Å²) in [5, 5.41) is 3.52. The van der Waals surface area contributed by atoms with Crippen LogP contribution in [-0.2, 0) is 10.0 Å². The highest BCUT2D eigenvalue weighted by molar-refractivity contribution is 9.10. The molecule has 4 nitrogen and oxygen atoms in total. The van der Waals surface area contributed by atoms with Gasteiger partial charge in [-0.25, -0.2) is 12.7 Å². The van der Waals surface area contributed by atoms with E-state index in [4.69, 9.17) is 0 Å². The van der Waals surface area contributed by atoms with Gasteiger partial charge in [0, 0.05) is 23.6 Å². The van der Waals surface area contributed by atoms with Crippen molar-refractivity contribution in [1.29, 1.82) is 0 Å². The molecule has 0 amide bonds. The van der Waals surface area contributed by atoms with Crippen molar-refractivity contribution in [1.82, 2.24) is 9.62 Å². The van der Waals surface area contributed by atoms with Gasteiger partial charge >= 0.3 is 0 Å². The Hall–Kier alpha value is -0.430. The highest BCUT2D eigenvalue weighted by Gasteiger charge is 2.25. The molecular weight excluding hydrogens is 352 g/mol. The van der Waals surface area contributed by atoms with Gasteiger partial charge in [-0.1, -0.05) is 28.1 Å². The fraction of sp³-hybridized carbons (Fsp3) is 0.600. The largest absolute Gasteiger partial charge is 0.310 e. The third-order valence-corrected chi connectivity index (χ3v) is 5.83. The van der Waals surface area contributed by atoms with Crippen LogP contribution in [0.2, 0.25) is 0 Å². The molecule has 0 spiro atoms. The molecule has 2 unspecified atom stereocenters. The molecule has 0 aliphatic carbocycles. The van der Waals surface area contributed by atoms with Crippen LogP contribution >= 0.6 is 15.9 Å². The quantitative estimate of drug-likeness (QED) is 0.861. The standard InChI is InChI=1S/C15H23BrN2O2S/c1-12(14-5-7-15(16)8-6-14)17-10-13-4-3-9-18(11-13)21(2,19)20/h5-8,12-13,17H,3-4,9-11H2,1-2H3. The molecule has 6 heteroatoms. The topological polar surface area (TPSA) is 49.4 Å². The van der Waals surface area contributed by atoms with E-state index in [1.807, 2.05) is 12.1 Å². The van der Waals surface area contributed by atoms with Crippen LogP contribution in [0.1, 0.15) is 31.4 Å². The molecule has 1 aliphatic rings. The van der Waals surface area contributed by atoms with Gasteiger partial charge < -0.3 is 5.32 Å². The molecule has 118 valence electrons. The molecule has 1 saturated heterocycles. The van der Waals surface area contributed by atoms with Crippen LogP contribution in [0.15, 0.2) is 28.7 Å². The SMILES string of the molecule is CC(NCC1CCCN(S(C)(=O)=O)C1)c1ccc(Br)cc1. The molecule has 0 radical (unpaired) electrons. The second-order valence-electron chi connectivity index (χ2n) is 5.81. The van der Waals surface area contributed by atoms with Gasteiger partial charge in [-0.05, 0) is 49.9 Å². The van der Waals surface area contributed by atoms with E-state index in [1.54, 1.807) is 4.31 Å². The van der Waals surface area contributed by atoms with E-state index < -0.39 is 10.0 Å². The predicted molar refractivity (Wildman–Crippen MR) is 89.7 cm³/mol. The smallest absolute Gasteiger partial charge is 0.211 e. The van der Waals surface area contributed by atoms with Crippen LogP contribution in [0.25, 0.3) is 0 Å². The lowest BCUT2D eigenvalue weighted by atomic mass is 9.99. The van der Waals surface area contributed by atoms with Crippen LogP contribution in [-0.4, -0.2) is 38.6 Å². The number of piperidine rings is 1. The summed E-state index contributed by atoms with van der Waals surface area (Å²) in [6.07, 6.45) is 3.34. The molecule has 1 aromatic carbocycles. The first-order chi connectivity index (χ1) is 9.86. The Kier molecular flexibility index (Phi) is 5.82. The zero-order valence-electron chi connectivity index (χ0n) is 12.5. The Balaban J connectivity index is 1.86. The van der Waals surface area contributed by atoms with Gasteiger partial charge in [0.25, 0.3) is 0 Å². The van der Waals surface area contributed by atoms with Crippen molar-refractivity contribution in [2.24, 2.45) is 5.92 Å². The average molecular weight is 375 g/mol. The van der Waals surface area contributed by atoms with Crippen LogP contribution in [0, 0.1) is 5.92 Å². The van der Waals surface area contributed by atoms with Gasteiger partial charge in [0.1, 0.15) is 0 Å². The summed E-state index contributed by atoms with van der Waals surface area (Å²) in [5.74, 6) is 0.395.